The Hall–Kier alpha value is -1.93. The summed E-state index contributed by atoms with van der Waals surface area (Å²) < 4.78 is 40.5. The molecule has 1 aromatic carbocycles. The number of nitrogens with zero attached hydrogens (tertiary/aromatic N) is 1. The number of halogens is 2. The minimum absolute atomic E-state index is 0.0277. The van der Waals surface area contributed by atoms with E-state index in [4.69, 9.17) is 9.47 Å². The van der Waals surface area contributed by atoms with Crippen LogP contribution in [0.1, 0.15) is 30.6 Å². The van der Waals surface area contributed by atoms with Crippen molar-refractivity contribution in [1.29, 1.82) is 0 Å². The van der Waals surface area contributed by atoms with Crippen LogP contribution >= 0.6 is 0 Å². The number of hydrogen-bond acceptors (Lipinski definition) is 5. The zero-order valence-corrected chi connectivity index (χ0v) is 16.0. The van der Waals surface area contributed by atoms with Crippen molar-refractivity contribution in [2.45, 2.75) is 32.9 Å². The molecule has 0 saturated carbocycles. The number of carbonyl (C=O) groups is 1. The Kier molecular flexibility index (Phi) is 8.24. The molecule has 1 heterocycles. The molecule has 1 N–H and O–H groups in total. The van der Waals surface area contributed by atoms with E-state index in [0.29, 0.717) is 25.7 Å². The maximum atomic E-state index is 12.8. The average molecular weight is 386 g/mol. The number of para-hydroxylation sites is 1. The van der Waals surface area contributed by atoms with Crippen LogP contribution in [-0.4, -0.2) is 63.4 Å². The monoisotopic (exact) mass is 386 g/mol. The smallest absolute Gasteiger partial charge is 0.387 e. The first-order valence-electron chi connectivity index (χ1n) is 9.14. The number of amides is 1. The average Bonchev–Trinajstić information content (AvgIpc) is 2.65. The third kappa shape index (κ3) is 6.32. The molecule has 27 heavy (non-hydrogen) atoms. The van der Waals surface area contributed by atoms with E-state index in [1.165, 1.54) is 19.2 Å². The lowest BCUT2D eigenvalue weighted by Crippen LogP contribution is -2.49. The third-order valence-electron chi connectivity index (χ3n) is 4.45. The van der Waals surface area contributed by atoms with Crippen molar-refractivity contribution in [1.82, 2.24) is 10.2 Å². The van der Waals surface area contributed by atoms with Crippen LogP contribution in [-0.2, 0) is 4.74 Å². The molecule has 0 spiro atoms. The lowest BCUT2D eigenvalue weighted by atomic mass is 10.0. The second-order valence-electron chi connectivity index (χ2n) is 6.86. The number of methoxy groups -OCH3 is 1. The summed E-state index contributed by atoms with van der Waals surface area (Å²) >= 11 is 0. The molecule has 1 fully saturated rings. The Morgan fingerprint density at radius 3 is 2.59 bits per heavy atom. The molecule has 0 aromatic heterocycles. The predicted molar refractivity (Wildman–Crippen MR) is 97.6 cm³/mol. The molecular weight excluding hydrogens is 358 g/mol. The highest BCUT2D eigenvalue weighted by Crippen LogP contribution is 2.32. The molecule has 8 heteroatoms. The summed E-state index contributed by atoms with van der Waals surface area (Å²) in [4.78, 5) is 15.0. The summed E-state index contributed by atoms with van der Waals surface area (Å²) in [6.07, 6.45) is 0.915. The zero-order valence-electron chi connectivity index (χ0n) is 16.0. The summed E-state index contributed by atoms with van der Waals surface area (Å²) in [7, 11) is 1.34. The van der Waals surface area contributed by atoms with Gasteiger partial charge in [-0.25, -0.2) is 0 Å². The topological polar surface area (TPSA) is 60.0 Å². The number of morpholine rings is 1. The van der Waals surface area contributed by atoms with Crippen LogP contribution in [0.5, 0.6) is 11.5 Å². The molecule has 2 rings (SSSR count). The van der Waals surface area contributed by atoms with Gasteiger partial charge in [0.25, 0.3) is 5.91 Å². The lowest BCUT2D eigenvalue weighted by molar-refractivity contribution is -0.0515. The van der Waals surface area contributed by atoms with Gasteiger partial charge in [0.2, 0.25) is 0 Å². The van der Waals surface area contributed by atoms with E-state index in [9.17, 15) is 13.6 Å². The molecule has 0 aliphatic carbocycles. The van der Waals surface area contributed by atoms with Gasteiger partial charge in [-0.05, 0) is 24.5 Å². The summed E-state index contributed by atoms with van der Waals surface area (Å²) in [5.41, 5.74) is 0.0277. The fourth-order valence-corrected chi connectivity index (χ4v) is 3.22. The lowest BCUT2D eigenvalue weighted by Gasteiger charge is -2.35. The summed E-state index contributed by atoms with van der Waals surface area (Å²) in [6, 6.07) is 4.65. The maximum absolute atomic E-state index is 12.8. The van der Waals surface area contributed by atoms with Crippen LogP contribution < -0.4 is 14.8 Å². The number of alkyl halides is 2. The molecule has 1 aliphatic heterocycles. The molecule has 1 saturated heterocycles. The SMILES string of the molecule is COc1cccc(C(=O)NCC(CC(C)C)N2CCOCC2)c1OC(F)F. The molecule has 1 amide bonds. The van der Waals surface area contributed by atoms with E-state index in [1.807, 2.05) is 0 Å². The standard InChI is InChI=1S/C19H28F2N2O4/c1-13(2)11-14(23-7-9-26-10-8-23)12-22-18(24)15-5-4-6-16(25-3)17(15)27-19(20)21/h4-6,13-14,19H,7-12H2,1-3H3,(H,22,24). The van der Waals surface area contributed by atoms with Crippen molar-refractivity contribution in [2.24, 2.45) is 5.92 Å². The normalized spacial score (nSPS) is 16.4. The molecule has 1 aromatic rings. The van der Waals surface area contributed by atoms with Crippen molar-refractivity contribution < 1.29 is 27.8 Å². The van der Waals surface area contributed by atoms with Crippen LogP contribution in [0.3, 0.4) is 0 Å². The number of rotatable bonds is 9. The zero-order chi connectivity index (χ0) is 19.8. The van der Waals surface area contributed by atoms with Gasteiger partial charge in [-0.3, -0.25) is 9.69 Å². The van der Waals surface area contributed by atoms with E-state index >= 15 is 0 Å². The number of benzene rings is 1. The Bertz CT molecular complexity index is 607. The van der Waals surface area contributed by atoms with Crippen molar-refractivity contribution in [3.8, 4) is 11.5 Å². The van der Waals surface area contributed by atoms with Gasteiger partial charge in [-0.15, -0.1) is 0 Å². The number of nitrogens with one attached hydrogen (secondary N) is 1. The minimum Gasteiger partial charge on any atom is -0.493 e. The second kappa shape index (κ2) is 10.4. The fraction of sp³-hybridized carbons (Fsp3) is 0.632. The van der Waals surface area contributed by atoms with Gasteiger partial charge in [0.15, 0.2) is 11.5 Å². The van der Waals surface area contributed by atoms with E-state index in [1.54, 1.807) is 6.07 Å². The Morgan fingerprint density at radius 2 is 2.00 bits per heavy atom. The van der Waals surface area contributed by atoms with Crippen molar-refractivity contribution in [3.63, 3.8) is 0 Å². The Balaban J connectivity index is 2.10. The van der Waals surface area contributed by atoms with Gasteiger partial charge in [0.05, 0.1) is 25.9 Å². The van der Waals surface area contributed by atoms with Gasteiger partial charge in [0, 0.05) is 25.7 Å². The largest absolute Gasteiger partial charge is 0.493 e. The fourth-order valence-electron chi connectivity index (χ4n) is 3.22. The van der Waals surface area contributed by atoms with Crippen molar-refractivity contribution in [3.05, 3.63) is 23.8 Å². The molecule has 1 unspecified atom stereocenters. The van der Waals surface area contributed by atoms with E-state index < -0.39 is 12.5 Å². The van der Waals surface area contributed by atoms with Gasteiger partial charge in [0.1, 0.15) is 0 Å². The molecule has 6 nitrogen and oxygen atoms in total. The van der Waals surface area contributed by atoms with Crippen LogP contribution in [0, 0.1) is 5.92 Å². The Labute approximate surface area is 158 Å². The van der Waals surface area contributed by atoms with Crippen molar-refractivity contribution in [2.75, 3.05) is 40.0 Å². The first-order chi connectivity index (χ1) is 12.9. The minimum atomic E-state index is -3.05. The predicted octanol–water partition coefficient (Wildman–Crippen LogP) is 2.77. The van der Waals surface area contributed by atoms with Gasteiger partial charge in [-0.2, -0.15) is 8.78 Å². The number of carbonyl (C=O) groups excluding carboxylic acids is 1. The molecule has 152 valence electrons. The van der Waals surface area contributed by atoms with Gasteiger partial charge in [-0.1, -0.05) is 19.9 Å². The summed E-state index contributed by atoms with van der Waals surface area (Å²) in [5, 5.41) is 2.86. The first-order valence-corrected chi connectivity index (χ1v) is 9.14. The quantitative estimate of drug-likeness (QED) is 0.707. The molecule has 1 atom stereocenters. The van der Waals surface area contributed by atoms with E-state index in [2.05, 4.69) is 28.8 Å². The van der Waals surface area contributed by atoms with Crippen LogP contribution in [0.4, 0.5) is 8.78 Å². The number of hydrogen-bond donors (Lipinski definition) is 1. The summed E-state index contributed by atoms with van der Waals surface area (Å²) in [5.74, 6) is -0.162. The molecule has 1 aliphatic rings. The molecule has 0 bridgehead atoms. The highest BCUT2D eigenvalue weighted by atomic mass is 19.3. The van der Waals surface area contributed by atoms with Crippen LogP contribution in [0.2, 0.25) is 0 Å². The highest BCUT2D eigenvalue weighted by Gasteiger charge is 2.24. The van der Waals surface area contributed by atoms with Crippen LogP contribution in [0.15, 0.2) is 18.2 Å². The van der Waals surface area contributed by atoms with E-state index in [-0.39, 0.29) is 23.1 Å². The number of ether oxygens (including phenoxy) is 3. The molecular formula is C19H28F2N2O4. The Morgan fingerprint density at radius 1 is 1.30 bits per heavy atom. The van der Waals surface area contributed by atoms with E-state index in [0.717, 1.165) is 19.5 Å². The first kappa shape index (κ1) is 21.4. The third-order valence-corrected chi connectivity index (χ3v) is 4.45. The van der Waals surface area contributed by atoms with Crippen LogP contribution in [0.25, 0.3) is 0 Å². The highest BCUT2D eigenvalue weighted by molar-refractivity contribution is 5.97. The van der Waals surface area contributed by atoms with Gasteiger partial charge >= 0.3 is 6.61 Å². The van der Waals surface area contributed by atoms with Crippen molar-refractivity contribution >= 4 is 5.91 Å². The molecule has 0 radical (unpaired) electrons. The second-order valence-corrected chi connectivity index (χ2v) is 6.86. The summed E-state index contributed by atoms with van der Waals surface area (Å²) in [6.45, 7) is 4.60. The van der Waals surface area contributed by atoms with Gasteiger partial charge < -0.3 is 19.5 Å². The maximum Gasteiger partial charge on any atom is 0.387 e.